The number of anilines is 1. The highest BCUT2D eigenvalue weighted by Gasteiger charge is 2.19. The molecule has 2 rings (SSSR count). The van der Waals surface area contributed by atoms with Crippen LogP contribution in [-0.4, -0.2) is 27.0 Å². The number of carbonyl (C=O) groups is 1. The molecule has 0 radical (unpaired) electrons. The fourth-order valence-corrected chi connectivity index (χ4v) is 3.50. The Morgan fingerprint density at radius 1 is 1.04 bits per heavy atom. The van der Waals surface area contributed by atoms with E-state index in [1.807, 2.05) is 45.0 Å². The van der Waals surface area contributed by atoms with Gasteiger partial charge in [-0.25, -0.2) is 13.1 Å². The van der Waals surface area contributed by atoms with Gasteiger partial charge in [0.2, 0.25) is 10.0 Å². The molecule has 0 saturated heterocycles. The van der Waals surface area contributed by atoms with E-state index in [0.29, 0.717) is 30.8 Å². The summed E-state index contributed by atoms with van der Waals surface area (Å²) in [4.78, 5) is 12.6. The van der Waals surface area contributed by atoms with Crippen LogP contribution < -0.4 is 14.8 Å². The number of ether oxygens (including phenoxy) is 1. The standard InChI is InChI=1S/C20H26N2O4S/c1-4-14-21-27(24,25)18-12-8-16(9-13-18)22-20(23)19(5-2)26-17-10-6-15(3)7-11-17/h6-13,19,21H,4-5,14H2,1-3H3,(H,22,23). The lowest BCUT2D eigenvalue weighted by molar-refractivity contribution is -0.122. The van der Waals surface area contributed by atoms with Gasteiger partial charge in [0, 0.05) is 12.2 Å². The maximum absolute atomic E-state index is 12.5. The van der Waals surface area contributed by atoms with Crippen LogP contribution in [0.5, 0.6) is 5.75 Å². The van der Waals surface area contributed by atoms with Crippen molar-refractivity contribution in [3.63, 3.8) is 0 Å². The van der Waals surface area contributed by atoms with Crippen LogP contribution in [0, 0.1) is 6.92 Å². The first-order chi connectivity index (χ1) is 12.9. The van der Waals surface area contributed by atoms with Gasteiger partial charge in [-0.15, -0.1) is 0 Å². The van der Waals surface area contributed by atoms with Crippen molar-refractivity contribution in [2.24, 2.45) is 0 Å². The highest BCUT2D eigenvalue weighted by Crippen LogP contribution is 2.17. The van der Waals surface area contributed by atoms with Gasteiger partial charge in [0.25, 0.3) is 5.91 Å². The van der Waals surface area contributed by atoms with Crippen LogP contribution in [0.3, 0.4) is 0 Å². The Hall–Kier alpha value is -2.38. The summed E-state index contributed by atoms with van der Waals surface area (Å²) in [7, 11) is -3.52. The third-order valence-corrected chi connectivity index (χ3v) is 5.41. The van der Waals surface area contributed by atoms with E-state index in [-0.39, 0.29) is 10.8 Å². The zero-order valence-electron chi connectivity index (χ0n) is 15.9. The first kappa shape index (κ1) is 20.9. The molecule has 0 bridgehead atoms. The third kappa shape index (κ3) is 6.08. The summed E-state index contributed by atoms with van der Waals surface area (Å²) < 4.78 is 32.4. The van der Waals surface area contributed by atoms with Crippen molar-refractivity contribution in [2.75, 3.05) is 11.9 Å². The minimum atomic E-state index is -3.52. The fourth-order valence-electron chi connectivity index (χ4n) is 2.36. The molecule has 0 aromatic heterocycles. The Bertz CT molecular complexity index is 847. The highest BCUT2D eigenvalue weighted by molar-refractivity contribution is 7.89. The first-order valence-electron chi connectivity index (χ1n) is 8.99. The number of hydrogen-bond acceptors (Lipinski definition) is 4. The lowest BCUT2D eigenvalue weighted by Gasteiger charge is -2.17. The monoisotopic (exact) mass is 390 g/mol. The van der Waals surface area contributed by atoms with E-state index in [1.54, 1.807) is 12.1 Å². The summed E-state index contributed by atoms with van der Waals surface area (Å²) in [6.07, 6.45) is 0.585. The van der Waals surface area contributed by atoms with E-state index >= 15 is 0 Å². The van der Waals surface area contributed by atoms with Crippen molar-refractivity contribution < 1.29 is 17.9 Å². The van der Waals surface area contributed by atoms with Crippen molar-refractivity contribution in [1.82, 2.24) is 4.72 Å². The number of carbonyl (C=O) groups excluding carboxylic acids is 1. The fraction of sp³-hybridized carbons (Fsp3) is 0.350. The van der Waals surface area contributed by atoms with E-state index < -0.39 is 16.1 Å². The minimum Gasteiger partial charge on any atom is -0.481 e. The van der Waals surface area contributed by atoms with Gasteiger partial charge in [0.05, 0.1) is 4.90 Å². The second-order valence-corrected chi connectivity index (χ2v) is 8.01. The molecule has 0 heterocycles. The SMILES string of the molecule is CCCNS(=O)(=O)c1ccc(NC(=O)C(CC)Oc2ccc(C)cc2)cc1. The molecule has 1 unspecified atom stereocenters. The smallest absolute Gasteiger partial charge is 0.265 e. The Balaban J connectivity index is 2.02. The highest BCUT2D eigenvalue weighted by atomic mass is 32.2. The van der Waals surface area contributed by atoms with Crippen molar-refractivity contribution in [3.8, 4) is 5.75 Å². The summed E-state index contributed by atoms with van der Waals surface area (Å²) in [5.74, 6) is 0.351. The molecule has 0 saturated carbocycles. The van der Waals surface area contributed by atoms with Gasteiger partial charge in [0.1, 0.15) is 5.75 Å². The molecule has 0 aliphatic rings. The molecule has 2 N–H and O–H groups in total. The molecular weight excluding hydrogens is 364 g/mol. The molecule has 146 valence electrons. The van der Waals surface area contributed by atoms with Crippen LogP contribution in [0.15, 0.2) is 53.4 Å². The van der Waals surface area contributed by atoms with Crippen LogP contribution >= 0.6 is 0 Å². The first-order valence-corrected chi connectivity index (χ1v) is 10.5. The zero-order valence-corrected chi connectivity index (χ0v) is 16.7. The molecule has 27 heavy (non-hydrogen) atoms. The number of aryl methyl sites for hydroxylation is 1. The Morgan fingerprint density at radius 2 is 1.67 bits per heavy atom. The van der Waals surface area contributed by atoms with Crippen LogP contribution in [0.2, 0.25) is 0 Å². The molecule has 0 aliphatic carbocycles. The lowest BCUT2D eigenvalue weighted by atomic mass is 10.2. The van der Waals surface area contributed by atoms with Gasteiger partial charge in [-0.1, -0.05) is 31.5 Å². The van der Waals surface area contributed by atoms with Crippen LogP contribution in [0.1, 0.15) is 32.3 Å². The molecule has 6 nitrogen and oxygen atoms in total. The van der Waals surface area contributed by atoms with Crippen molar-refractivity contribution >= 4 is 21.6 Å². The largest absolute Gasteiger partial charge is 0.481 e. The Labute approximate surface area is 161 Å². The van der Waals surface area contributed by atoms with E-state index in [1.165, 1.54) is 12.1 Å². The van der Waals surface area contributed by atoms with Crippen molar-refractivity contribution in [2.45, 2.75) is 44.6 Å². The summed E-state index contributed by atoms with van der Waals surface area (Å²) in [6, 6.07) is 13.6. The predicted molar refractivity (Wildman–Crippen MR) is 106 cm³/mol. The normalized spacial score (nSPS) is 12.4. The molecule has 1 amide bonds. The summed E-state index contributed by atoms with van der Waals surface area (Å²) in [6.45, 7) is 6.13. The predicted octanol–water partition coefficient (Wildman–Crippen LogP) is 3.48. The Morgan fingerprint density at radius 3 is 2.22 bits per heavy atom. The Kier molecular flexibility index (Phi) is 7.38. The quantitative estimate of drug-likeness (QED) is 0.686. The number of rotatable bonds is 9. The second-order valence-electron chi connectivity index (χ2n) is 6.24. The summed E-state index contributed by atoms with van der Waals surface area (Å²) in [5, 5.41) is 2.77. The van der Waals surface area contributed by atoms with Gasteiger partial charge in [-0.05, 0) is 56.2 Å². The van der Waals surface area contributed by atoms with Crippen molar-refractivity contribution in [3.05, 3.63) is 54.1 Å². The van der Waals surface area contributed by atoms with Gasteiger partial charge in [-0.2, -0.15) is 0 Å². The zero-order chi connectivity index (χ0) is 19.9. The molecule has 1 atom stereocenters. The summed E-state index contributed by atoms with van der Waals surface area (Å²) in [5.41, 5.74) is 1.63. The second kappa shape index (κ2) is 9.53. The molecule has 0 spiro atoms. The third-order valence-electron chi connectivity index (χ3n) is 3.94. The molecule has 2 aromatic carbocycles. The van der Waals surface area contributed by atoms with Gasteiger partial charge >= 0.3 is 0 Å². The van der Waals surface area contributed by atoms with Gasteiger partial charge < -0.3 is 10.1 Å². The number of hydrogen-bond donors (Lipinski definition) is 2. The lowest BCUT2D eigenvalue weighted by Crippen LogP contribution is -2.32. The number of benzene rings is 2. The van der Waals surface area contributed by atoms with E-state index in [9.17, 15) is 13.2 Å². The van der Waals surface area contributed by atoms with Crippen LogP contribution in [0.25, 0.3) is 0 Å². The number of nitrogens with one attached hydrogen (secondary N) is 2. The van der Waals surface area contributed by atoms with Crippen LogP contribution in [-0.2, 0) is 14.8 Å². The topological polar surface area (TPSA) is 84.5 Å². The molecule has 0 fully saturated rings. The molecule has 2 aromatic rings. The molecular formula is C20H26N2O4S. The average molecular weight is 391 g/mol. The number of sulfonamides is 1. The van der Waals surface area contributed by atoms with Gasteiger partial charge in [-0.3, -0.25) is 4.79 Å². The van der Waals surface area contributed by atoms with Crippen molar-refractivity contribution in [1.29, 1.82) is 0 Å². The van der Waals surface area contributed by atoms with Crippen LogP contribution in [0.4, 0.5) is 5.69 Å². The van der Waals surface area contributed by atoms with Gasteiger partial charge in [0.15, 0.2) is 6.10 Å². The molecule has 7 heteroatoms. The van der Waals surface area contributed by atoms with E-state index in [2.05, 4.69) is 10.0 Å². The van der Waals surface area contributed by atoms with E-state index in [0.717, 1.165) is 5.56 Å². The average Bonchev–Trinajstić information content (AvgIpc) is 2.66. The maximum atomic E-state index is 12.5. The number of amides is 1. The molecule has 0 aliphatic heterocycles. The summed E-state index contributed by atoms with van der Waals surface area (Å²) >= 11 is 0. The van der Waals surface area contributed by atoms with E-state index in [4.69, 9.17) is 4.74 Å². The minimum absolute atomic E-state index is 0.164. The maximum Gasteiger partial charge on any atom is 0.265 e.